The Morgan fingerprint density at radius 2 is 0.930 bits per heavy atom. The quantitative estimate of drug-likeness (QED) is 0.171. The predicted molar refractivity (Wildman–Crippen MR) is 300 cm³/mol. The van der Waals surface area contributed by atoms with Crippen LogP contribution < -0.4 is 4.90 Å². The van der Waals surface area contributed by atoms with Crippen molar-refractivity contribution in [1.29, 1.82) is 0 Å². The zero-order valence-corrected chi connectivity index (χ0v) is 40.1. The van der Waals surface area contributed by atoms with E-state index >= 15 is 0 Å². The molecule has 0 saturated heterocycles. The van der Waals surface area contributed by atoms with Crippen molar-refractivity contribution in [2.75, 3.05) is 4.90 Å². The lowest BCUT2D eigenvalue weighted by molar-refractivity contribution is 0.632. The Hall–Kier alpha value is -8.50. The highest BCUT2D eigenvalue weighted by Gasteiger charge is 2.52. The third kappa shape index (κ3) is 5.16. The van der Waals surface area contributed by atoms with Gasteiger partial charge in [0.2, 0.25) is 0 Å². The minimum absolute atomic E-state index is 0.257. The molecule has 2 nitrogen and oxygen atoms in total. The van der Waals surface area contributed by atoms with Crippen LogP contribution in [-0.4, -0.2) is 4.57 Å². The van der Waals surface area contributed by atoms with Gasteiger partial charge in [-0.2, -0.15) is 0 Å². The first-order valence-corrected chi connectivity index (χ1v) is 25.6. The van der Waals surface area contributed by atoms with Gasteiger partial charge in [0.05, 0.1) is 27.8 Å². The lowest BCUT2D eigenvalue weighted by atomic mass is 9.70. The van der Waals surface area contributed by atoms with Crippen molar-refractivity contribution >= 4 is 81.1 Å². The Morgan fingerprint density at radius 3 is 1.70 bits per heavy atom. The predicted octanol–water partition coefficient (Wildman–Crippen LogP) is 18.4. The maximum atomic E-state index is 2.54. The van der Waals surface area contributed by atoms with Crippen LogP contribution in [0.2, 0.25) is 0 Å². The molecule has 16 rings (SSSR count). The third-order valence-corrected chi connectivity index (χ3v) is 17.7. The van der Waals surface area contributed by atoms with E-state index in [1.165, 1.54) is 142 Å². The first-order chi connectivity index (χ1) is 34.9. The molecule has 0 bridgehead atoms. The van der Waals surface area contributed by atoms with E-state index in [1.54, 1.807) is 0 Å². The first kappa shape index (κ1) is 39.4. The fourth-order valence-electron chi connectivity index (χ4n) is 13.4. The molecule has 11 aromatic carbocycles. The largest absolute Gasteiger partial charge is 0.310 e. The maximum absolute atomic E-state index is 2.54. The van der Waals surface area contributed by atoms with Gasteiger partial charge in [0, 0.05) is 47.7 Å². The second-order valence-corrected chi connectivity index (χ2v) is 21.5. The second-order valence-electron chi connectivity index (χ2n) is 20.4. The molecule has 0 saturated carbocycles. The van der Waals surface area contributed by atoms with Gasteiger partial charge in [-0.25, -0.2) is 0 Å². The molecule has 1 aliphatic heterocycles. The molecule has 13 aromatic rings. The van der Waals surface area contributed by atoms with Crippen molar-refractivity contribution in [3.63, 3.8) is 0 Å². The van der Waals surface area contributed by atoms with Crippen molar-refractivity contribution in [2.24, 2.45) is 0 Å². The van der Waals surface area contributed by atoms with Crippen LogP contribution in [0.15, 0.2) is 231 Å². The Kier molecular flexibility index (Phi) is 7.80. The van der Waals surface area contributed by atoms with Crippen LogP contribution in [0.25, 0.3) is 91.8 Å². The van der Waals surface area contributed by atoms with Crippen LogP contribution >= 0.6 is 11.3 Å². The number of nitrogens with zero attached hydrogens (tertiary/aromatic N) is 2. The smallest absolute Gasteiger partial charge is 0.0726 e. The highest BCUT2D eigenvalue weighted by molar-refractivity contribution is 7.25. The molecule has 0 fully saturated rings. The van der Waals surface area contributed by atoms with Crippen LogP contribution in [0.5, 0.6) is 0 Å². The molecule has 332 valence electrons. The molecule has 3 heterocycles. The molecule has 1 spiro atoms. The molecule has 0 unspecified atom stereocenters. The summed E-state index contributed by atoms with van der Waals surface area (Å²) < 4.78 is 5.13. The van der Waals surface area contributed by atoms with Gasteiger partial charge in [-0.3, -0.25) is 0 Å². The molecule has 2 aromatic heterocycles. The van der Waals surface area contributed by atoms with E-state index in [0.717, 1.165) is 0 Å². The number of hydrogen-bond donors (Lipinski definition) is 0. The van der Waals surface area contributed by atoms with Gasteiger partial charge >= 0.3 is 0 Å². The standard InChI is InChI=1S/C68H44N2S/c1-67(2)58-23-11-13-25-63(58)70(46-31-32-50-49-17-5-10-22-57(49)68(59(50)40-46)55-20-8-3-15-47(55)48-16-4-9-21-56(48)68)64-34-29-42(38-60(64)67)41-28-33-62-53(36-41)51-18-6-12-24-61(51)69(62)45-30-27-43-39-66-54(37-44(43)35-45)52-19-7-14-26-65(52)71-66/h3-40H,1-2H3. The van der Waals surface area contributed by atoms with Gasteiger partial charge in [-0.05, 0) is 156 Å². The number of anilines is 3. The molecule has 71 heavy (non-hydrogen) atoms. The Labute approximate surface area is 416 Å². The van der Waals surface area contributed by atoms with Gasteiger partial charge in [-0.15, -0.1) is 11.3 Å². The van der Waals surface area contributed by atoms with Gasteiger partial charge in [-0.1, -0.05) is 166 Å². The molecule has 0 N–H and O–H groups in total. The average molecular weight is 921 g/mol. The molecule has 0 radical (unpaired) electrons. The first-order valence-electron chi connectivity index (χ1n) is 24.8. The highest BCUT2D eigenvalue weighted by Crippen LogP contribution is 2.64. The Balaban J connectivity index is 0.849. The summed E-state index contributed by atoms with van der Waals surface area (Å²) in [6.07, 6.45) is 0. The van der Waals surface area contributed by atoms with Crippen LogP contribution in [0.3, 0.4) is 0 Å². The van der Waals surface area contributed by atoms with Crippen molar-refractivity contribution < 1.29 is 0 Å². The van der Waals surface area contributed by atoms with E-state index in [2.05, 4.69) is 254 Å². The summed E-state index contributed by atoms with van der Waals surface area (Å²) >= 11 is 1.88. The molecular formula is C68H44N2S. The lowest BCUT2D eigenvalue weighted by Crippen LogP contribution is -2.31. The molecule has 0 atom stereocenters. The number of hydrogen-bond acceptors (Lipinski definition) is 2. The van der Waals surface area contributed by atoms with Gasteiger partial charge in [0.25, 0.3) is 0 Å². The number of rotatable bonds is 3. The maximum Gasteiger partial charge on any atom is 0.0726 e. The van der Waals surface area contributed by atoms with Crippen molar-refractivity contribution in [1.82, 2.24) is 4.57 Å². The van der Waals surface area contributed by atoms with E-state index < -0.39 is 5.41 Å². The summed E-state index contributed by atoms with van der Waals surface area (Å²) in [6, 6.07) is 87.3. The average Bonchev–Trinajstić information content (AvgIpc) is 4.14. The topological polar surface area (TPSA) is 8.17 Å². The van der Waals surface area contributed by atoms with Crippen LogP contribution in [0.4, 0.5) is 17.1 Å². The van der Waals surface area contributed by atoms with Crippen molar-refractivity contribution in [3.05, 3.63) is 264 Å². The Morgan fingerprint density at radius 1 is 0.338 bits per heavy atom. The molecular weight excluding hydrogens is 877 g/mol. The van der Waals surface area contributed by atoms with E-state index in [-0.39, 0.29) is 5.41 Å². The minimum atomic E-state index is -0.418. The van der Waals surface area contributed by atoms with Crippen LogP contribution in [0, 0.1) is 0 Å². The number of benzene rings is 11. The second kappa shape index (κ2) is 14.1. The van der Waals surface area contributed by atoms with Crippen molar-refractivity contribution in [2.45, 2.75) is 24.7 Å². The SMILES string of the molecule is CC1(C)c2ccccc2N(c2ccc3c(c2)C2(c4ccccc4-c4ccccc42)c2ccccc2-3)c2ccc(-c3ccc4c(c3)c3ccccc3n4-c3ccc4cc5sc6ccccc6c5cc4c3)cc21. The van der Waals surface area contributed by atoms with Crippen LogP contribution in [-0.2, 0) is 10.8 Å². The molecule has 3 heteroatoms. The Bertz CT molecular complexity index is 4400. The summed E-state index contributed by atoms with van der Waals surface area (Å²) in [4.78, 5) is 2.54. The summed E-state index contributed by atoms with van der Waals surface area (Å²) in [5, 5.41) is 7.69. The molecule has 3 aliphatic rings. The number of thiophene rings is 1. The fraction of sp³-hybridized carbons (Fsp3) is 0.0588. The van der Waals surface area contributed by atoms with Crippen LogP contribution in [0.1, 0.15) is 47.2 Å². The lowest BCUT2D eigenvalue weighted by Gasteiger charge is -2.42. The highest BCUT2D eigenvalue weighted by atomic mass is 32.1. The zero-order chi connectivity index (χ0) is 46.7. The van der Waals surface area contributed by atoms with Gasteiger partial charge in [0.1, 0.15) is 0 Å². The fourth-order valence-corrected chi connectivity index (χ4v) is 14.5. The van der Waals surface area contributed by atoms with E-state index in [9.17, 15) is 0 Å². The normalized spacial score (nSPS) is 14.5. The van der Waals surface area contributed by atoms with E-state index in [4.69, 9.17) is 0 Å². The summed E-state index contributed by atoms with van der Waals surface area (Å²) in [7, 11) is 0. The number of para-hydroxylation sites is 2. The summed E-state index contributed by atoms with van der Waals surface area (Å²) in [6.45, 7) is 4.80. The van der Waals surface area contributed by atoms with Gasteiger partial charge < -0.3 is 9.47 Å². The minimum Gasteiger partial charge on any atom is -0.310 e. The zero-order valence-electron chi connectivity index (χ0n) is 39.2. The molecule has 0 amide bonds. The number of fused-ring (bicyclic) bond motifs is 19. The van der Waals surface area contributed by atoms with Gasteiger partial charge in [0.15, 0.2) is 0 Å². The monoisotopic (exact) mass is 920 g/mol. The third-order valence-electron chi connectivity index (χ3n) is 16.6. The van der Waals surface area contributed by atoms with E-state index in [0.29, 0.717) is 0 Å². The number of aromatic nitrogens is 1. The van der Waals surface area contributed by atoms with Crippen molar-refractivity contribution in [3.8, 4) is 39.1 Å². The summed E-state index contributed by atoms with van der Waals surface area (Å²) in [5.41, 5.74) is 22.3. The van der Waals surface area contributed by atoms with E-state index in [1.807, 2.05) is 11.3 Å². The summed E-state index contributed by atoms with van der Waals surface area (Å²) in [5.74, 6) is 0. The molecule has 2 aliphatic carbocycles.